The monoisotopic (exact) mass is 284 g/mol. The molecule has 0 saturated heterocycles. The number of nitrogens with zero attached hydrogens (tertiary/aromatic N) is 1. The molecule has 0 aliphatic heterocycles. The Morgan fingerprint density at radius 1 is 0.952 bits per heavy atom. The van der Waals surface area contributed by atoms with E-state index in [0.29, 0.717) is 5.69 Å². The van der Waals surface area contributed by atoms with E-state index in [0.717, 1.165) is 10.5 Å². The summed E-state index contributed by atoms with van der Waals surface area (Å²) in [4.78, 5) is 25.0. The molecule has 0 aliphatic rings. The second-order valence-corrected chi connectivity index (χ2v) is 4.31. The molecule has 0 fully saturated rings. The van der Waals surface area contributed by atoms with Crippen LogP contribution >= 0.6 is 0 Å². The first-order chi connectivity index (χ1) is 10.2. The third kappa shape index (κ3) is 3.90. The Hall–Kier alpha value is -2.66. The Morgan fingerprint density at radius 3 is 2.10 bits per heavy atom. The van der Waals surface area contributed by atoms with E-state index in [-0.39, 0.29) is 13.2 Å². The average Bonchev–Trinajstić information content (AvgIpc) is 2.55. The second-order valence-electron chi connectivity index (χ2n) is 4.31. The zero-order valence-electron chi connectivity index (χ0n) is 11.4. The third-order valence-corrected chi connectivity index (χ3v) is 2.83. The lowest BCUT2D eigenvalue weighted by atomic mass is 10.2. The van der Waals surface area contributed by atoms with Gasteiger partial charge in [0.25, 0.3) is 0 Å². The van der Waals surface area contributed by atoms with Crippen molar-refractivity contribution >= 4 is 17.7 Å². The van der Waals surface area contributed by atoms with Gasteiger partial charge in [-0.05, 0) is 17.7 Å². The quantitative estimate of drug-likeness (QED) is 0.935. The highest BCUT2D eigenvalue weighted by molar-refractivity contribution is 6.12. The molecule has 0 unspecified atom stereocenters. The number of ether oxygens (including phenoxy) is 1. The fraction of sp³-hybridized carbons (Fsp3) is 0.125. The zero-order chi connectivity index (χ0) is 15.1. The second kappa shape index (κ2) is 7.21. The van der Waals surface area contributed by atoms with E-state index < -0.39 is 12.0 Å². The molecule has 0 saturated carbocycles. The van der Waals surface area contributed by atoms with Gasteiger partial charge in [0.2, 0.25) is 5.91 Å². The number of anilines is 1. The summed E-state index contributed by atoms with van der Waals surface area (Å²) in [6.07, 6.45) is -0.736. The molecule has 2 aromatic rings. The number of para-hydroxylation sites is 1. The maximum absolute atomic E-state index is 12.1. The Balaban J connectivity index is 2.10. The van der Waals surface area contributed by atoms with Crippen molar-refractivity contribution < 1.29 is 14.3 Å². The highest BCUT2D eigenvalue weighted by Crippen LogP contribution is 2.15. The first-order valence-corrected chi connectivity index (χ1v) is 6.51. The fourth-order valence-corrected chi connectivity index (χ4v) is 1.80. The normalized spacial score (nSPS) is 9.95. The van der Waals surface area contributed by atoms with Crippen molar-refractivity contribution in [1.29, 1.82) is 0 Å². The highest BCUT2D eigenvalue weighted by Gasteiger charge is 2.23. The number of hydrogen-bond donors (Lipinski definition) is 1. The smallest absolute Gasteiger partial charge is 0.421 e. The van der Waals surface area contributed by atoms with Crippen molar-refractivity contribution in [3.63, 3.8) is 0 Å². The van der Waals surface area contributed by atoms with Crippen molar-refractivity contribution in [3.05, 3.63) is 66.2 Å². The lowest BCUT2D eigenvalue weighted by molar-refractivity contribution is -0.116. The van der Waals surface area contributed by atoms with Gasteiger partial charge in [-0.15, -0.1) is 0 Å². The molecule has 0 radical (unpaired) electrons. The van der Waals surface area contributed by atoms with Crippen LogP contribution in [0.3, 0.4) is 0 Å². The van der Waals surface area contributed by atoms with E-state index in [9.17, 15) is 9.59 Å². The summed E-state index contributed by atoms with van der Waals surface area (Å²) in [5.74, 6) is -0.515. The molecule has 108 valence electrons. The largest absolute Gasteiger partial charge is 0.444 e. The molecule has 2 aromatic carbocycles. The van der Waals surface area contributed by atoms with Gasteiger partial charge in [-0.25, -0.2) is 9.69 Å². The van der Waals surface area contributed by atoms with Crippen molar-refractivity contribution in [2.45, 2.75) is 6.61 Å². The highest BCUT2D eigenvalue weighted by atomic mass is 16.6. The molecule has 2 rings (SSSR count). The molecule has 21 heavy (non-hydrogen) atoms. The van der Waals surface area contributed by atoms with Gasteiger partial charge in [-0.3, -0.25) is 4.79 Å². The van der Waals surface area contributed by atoms with E-state index in [1.807, 2.05) is 30.3 Å². The molecule has 0 atom stereocenters. The van der Waals surface area contributed by atoms with Crippen LogP contribution in [-0.2, 0) is 16.1 Å². The summed E-state index contributed by atoms with van der Waals surface area (Å²) in [7, 11) is 0. The molecule has 2 N–H and O–H groups in total. The Bertz CT molecular complexity index is 599. The van der Waals surface area contributed by atoms with E-state index in [4.69, 9.17) is 10.5 Å². The maximum Gasteiger partial charge on any atom is 0.421 e. The summed E-state index contributed by atoms with van der Waals surface area (Å²) in [5, 5.41) is 0. The van der Waals surface area contributed by atoms with Gasteiger partial charge in [-0.1, -0.05) is 48.5 Å². The van der Waals surface area contributed by atoms with E-state index in [1.54, 1.807) is 30.3 Å². The van der Waals surface area contributed by atoms with E-state index >= 15 is 0 Å². The number of amides is 2. The van der Waals surface area contributed by atoms with Crippen LogP contribution in [0.25, 0.3) is 0 Å². The SMILES string of the molecule is NCC(=O)N(C(=O)OCc1ccccc1)c1ccccc1. The molecule has 0 aliphatic carbocycles. The first kappa shape index (κ1) is 14.7. The number of benzene rings is 2. The number of rotatable bonds is 4. The van der Waals surface area contributed by atoms with Crippen LogP contribution < -0.4 is 10.6 Å². The van der Waals surface area contributed by atoms with Crippen LogP contribution in [0.15, 0.2) is 60.7 Å². The third-order valence-electron chi connectivity index (χ3n) is 2.83. The topological polar surface area (TPSA) is 72.6 Å². The van der Waals surface area contributed by atoms with Gasteiger partial charge in [0.05, 0.1) is 12.2 Å². The minimum Gasteiger partial charge on any atom is -0.444 e. The summed E-state index contributed by atoms with van der Waals surface area (Å²) in [5.41, 5.74) is 6.64. The molecule has 0 heterocycles. The van der Waals surface area contributed by atoms with Gasteiger partial charge >= 0.3 is 6.09 Å². The van der Waals surface area contributed by atoms with Gasteiger partial charge in [0.1, 0.15) is 6.61 Å². The van der Waals surface area contributed by atoms with Crippen molar-refractivity contribution in [2.24, 2.45) is 5.73 Å². The Morgan fingerprint density at radius 2 is 1.52 bits per heavy atom. The van der Waals surface area contributed by atoms with Crippen molar-refractivity contribution in [3.8, 4) is 0 Å². The summed E-state index contributed by atoms with van der Waals surface area (Å²) in [6, 6.07) is 17.8. The molecule has 0 spiro atoms. The van der Waals surface area contributed by atoms with Crippen LogP contribution in [-0.4, -0.2) is 18.5 Å². The summed E-state index contributed by atoms with van der Waals surface area (Å²) >= 11 is 0. The van der Waals surface area contributed by atoms with Gasteiger partial charge in [-0.2, -0.15) is 0 Å². The number of nitrogens with two attached hydrogens (primary N) is 1. The van der Waals surface area contributed by atoms with Crippen molar-refractivity contribution in [1.82, 2.24) is 0 Å². The molecule has 5 heteroatoms. The van der Waals surface area contributed by atoms with Crippen LogP contribution in [0.5, 0.6) is 0 Å². The Kier molecular flexibility index (Phi) is 5.06. The maximum atomic E-state index is 12.1. The predicted molar refractivity (Wildman–Crippen MR) is 79.6 cm³/mol. The molecule has 0 aromatic heterocycles. The van der Waals surface area contributed by atoms with Gasteiger partial charge in [0, 0.05) is 0 Å². The van der Waals surface area contributed by atoms with Crippen molar-refractivity contribution in [2.75, 3.05) is 11.4 Å². The predicted octanol–water partition coefficient (Wildman–Crippen LogP) is 2.32. The van der Waals surface area contributed by atoms with Gasteiger partial charge < -0.3 is 10.5 Å². The van der Waals surface area contributed by atoms with Crippen LogP contribution in [0.2, 0.25) is 0 Å². The fourth-order valence-electron chi connectivity index (χ4n) is 1.80. The van der Waals surface area contributed by atoms with E-state index in [1.165, 1.54) is 0 Å². The summed E-state index contributed by atoms with van der Waals surface area (Å²) < 4.78 is 5.18. The van der Waals surface area contributed by atoms with Gasteiger partial charge in [0.15, 0.2) is 0 Å². The number of carbonyl (C=O) groups is 2. The van der Waals surface area contributed by atoms with Crippen LogP contribution in [0.4, 0.5) is 10.5 Å². The molecule has 5 nitrogen and oxygen atoms in total. The van der Waals surface area contributed by atoms with Crippen LogP contribution in [0, 0.1) is 0 Å². The average molecular weight is 284 g/mol. The number of imide groups is 1. The zero-order valence-corrected chi connectivity index (χ0v) is 11.4. The minimum absolute atomic E-state index is 0.0981. The standard InChI is InChI=1S/C16H16N2O3/c17-11-15(19)18(14-9-5-2-6-10-14)16(20)21-12-13-7-3-1-4-8-13/h1-10H,11-12,17H2. The molecule has 0 bridgehead atoms. The van der Waals surface area contributed by atoms with E-state index in [2.05, 4.69) is 0 Å². The lowest BCUT2D eigenvalue weighted by Crippen LogP contribution is -2.41. The molecular weight excluding hydrogens is 268 g/mol. The molecule has 2 amide bonds. The molecular formula is C16H16N2O3. The Labute approximate surface area is 122 Å². The number of carbonyl (C=O) groups excluding carboxylic acids is 2. The number of hydrogen-bond acceptors (Lipinski definition) is 4. The first-order valence-electron chi connectivity index (χ1n) is 6.51. The lowest BCUT2D eigenvalue weighted by Gasteiger charge is -2.19. The summed E-state index contributed by atoms with van der Waals surface area (Å²) in [6.45, 7) is -0.170. The minimum atomic E-state index is -0.736. The van der Waals surface area contributed by atoms with Crippen LogP contribution in [0.1, 0.15) is 5.56 Å².